The van der Waals surface area contributed by atoms with E-state index in [1.165, 1.54) is 12.4 Å². The molecule has 1 aromatic carbocycles. The lowest BCUT2D eigenvalue weighted by atomic mass is 9.95. The molecule has 3 aromatic rings. The van der Waals surface area contributed by atoms with Crippen molar-refractivity contribution in [3.63, 3.8) is 0 Å². The summed E-state index contributed by atoms with van der Waals surface area (Å²) in [7, 11) is 0. The fourth-order valence-corrected chi connectivity index (χ4v) is 4.60. The maximum atomic E-state index is 13.9. The van der Waals surface area contributed by atoms with Gasteiger partial charge < -0.3 is 31.0 Å². The summed E-state index contributed by atoms with van der Waals surface area (Å²) in [6.07, 6.45) is -1.62. The summed E-state index contributed by atoms with van der Waals surface area (Å²) in [5, 5.41) is 3.33. The van der Waals surface area contributed by atoms with Crippen molar-refractivity contribution < 1.29 is 27.1 Å². The molecule has 5 N–H and O–H groups in total. The number of rotatable bonds is 8. The molecule has 1 amide bonds. The smallest absolute Gasteiger partial charge is 0.403 e. The molecule has 0 bridgehead atoms. The molecule has 4 rings (SSSR count). The van der Waals surface area contributed by atoms with E-state index in [2.05, 4.69) is 15.3 Å². The minimum Gasteiger partial charge on any atom is -0.403 e. The number of aromatic nitrogens is 4. The van der Waals surface area contributed by atoms with Gasteiger partial charge >= 0.3 is 12.3 Å². The van der Waals surface area contributed by atoms with Crippen LogP contribution in [0.5, 0.6) is 5.75 Å². The molecular formula is C25H30F4N8O2. The average Bonchev–Trinajstić information content (AvgIpc) is 3.28. The molecule has 39 heavy (non-hydrogen) atoms. The first-order valence-corrected chi connectivity index (χ1v) is 12.4. The van der Waals surface area contributed by atoms with Gasteiger partial charge in [-0.3, -0.25) is 0 Å². The Morgan fingerprint density at radius 2 is 1.95 bits per heavy atom. The first kappa shape index (κ1) is 28.1. The highest BCUT2D eigenvalue weighted by atomic mass is 19.4. The number of halogens is 4. The number of nitrogens with two attached hydrogens (primary N) is 2. The summed E-state index contributed by atoms with van der Waals surface area (Å²) in [5.74, 6) is -0.305. The number of hydrogen-bond donors (Lipinski definition) is 3. The number of nitrogens with zero attached hydrogens (tertiary/aromatic N) is 5. The molecule has 10 nitrogen and oxygen atoms in total. The number of imidazole rings is 1. The van der Waals surface area contributed by atoms with E-state index in [0.29, 0.717) is 50.5 Å². The Bertz CT molecular complexity index is 1320. The second-order valence-electron chi connectivity index (χ2n) is 9.57. The van der Waals surface area contributed by atoms with Crippen LogP contribution in [0.1, 0.15) is 44.0 Å². The highest BCUT2D eigenvalue weighted by Crippen LogP contribution is 2.37. The summed E-state index contributed by atoms with van der Waals surface area (Å²) in [4.78, 5) is 26.0. The molecule has 2 aromatic heterocycles. The SMILES string of the molecule is CC(C)NCCn1cc(-c2ccc(F)c(C(F)(F)F)c2)nc1C1CCN(c2ncnc(N)c2OC(N)=O)CC1. The van der Waals surface area contributed by atoms with Crippen molar-refractivity contribution in [2.75, 3.05) is 30.3 Å². The van der Waals surface area contributed by atoms with Crippen LogP contribution in [-0.4, -0.2) is 51.3 Å². The minimum absolute atomic E-state index is 0.0104. The van der Waals surface area contributed by atoms with E-state index in [1.807, 2.05) is 23.3 Å². The van der Waals surface area contributed by atoms with Crippen LogP contribution in [0.2, 0.25) is 0 Å². The number of primary amides is 1. The zero-order chi connectivity index (χ0) is 28.3. The van der Waals surface area contributed by atoms with Crippen LogP contribution in [0.15, 0.2) is 30.7 Å². The Labute approximate surface area is 222 Å². The number of nitrogens with one attached hydrogen (secondary N) is 1. The standard InChI is InChI=1S/C25H30F4N8O2/c1-14(2)32-7-10-37-12-19(16-3-4-18(26)17(11-16)25(27,28)29)35-22(37)15-5-8-36(9-6-15)23-20(39-24(31)38)21(30)33-13-34-23/h3-4,11-15,32H,5-10H2,1-2H3,(H2,31,38)(H2,30,33,34). The Balaban J connectivity index is 1.60. The molecule has 1 saturated heterocycles. The van der Waals surface area contributed by atoms with E-state index in [9.17, 15) is 22.4 Å². The van der Waals surface area contributed by atoms with Gasteiger partial charge in [0.15, 0.2) is 11.6 Å². The van der Waals surface area contributed by atoms with E-state index < -0.39 is 23.7 Å². The summed E-state index contributed by atoms with van der Waals surface area (Å²) in [5.41, 5.74) is 10.2. The van der Waals surface area contributed by atoms with Gasteiger partial charge in [-0.25, -0.2) is 24.1 Å². The summed E-state index contributed by atoms with van der Waals surface area (Å²) >= 11 is 0. The normalized spacial score (nSPS) is 14.7. The molecule has 1 aliphatic heterocycles. The molecule has 0 radical (unpaired) electrons. The zero-order valence-corrected chi connectivity index (χ0v) is 21.5. The number of piperidine rings is 1. The van der Waals surface area contributed by atoms with E-state index in [-0.39, 0.29) is 29.1 Å². The van der Waals surface area contributed by atoms with Crippen molar-refractivity contribution in [1.82, 2.24) is 24.8 Å². The zero-order valence-electron chi connectivity index (χ0n) is 21.5. The second kappa shape index (κ2) is 11.4. The molecular weight excluding hydrogens is 520 g/mol. The predicted octanol–water partition coefficient (Wildman–Crippen LogP) is 3.92. The minimum atomic E-state index is -4.82. The molecule has 1 fully saturated rings. The van der Waals surface area contributed by atoms with Crippen LogP contribution in [0.3, 0.4) is 0 Å². The van der Waals surface area contributed by atoms with Gasteiger partial charge in [0.05, 0.1) is 11.3 Å². The van der Waals surface area contributed by atoms with Gasteiger partial charge in [0.1, 0.15) is 18.0 Å². The first-order chi connectivity index (χ1) is 18.4. The van der Waals surface area contributed by atoms with Gasteiger partial charge in [-0.15, -0.1) is 0 Å². The monoisotopic (exact) mass is 550 g/mol. The Morgan fingerprint density at radius 3 is 2.59 bits per heavy atom. The van der Waals surface area contributed by atoms with Crippen molar-refractivity contribution in [2.45, 2.75) is 51.4 Å². The van der Waals surface area contributed by atoms with E-state index in [4.69, 9.17) is 21.2 Å². The average molecular weight is 551 g/mol. The number of ether oxygens (including phenoxy) is 1. The maximum absolute atomic E-state index is 13.9. The van der Waals surface area contributed by atoms with Gasteiger partial charge in [0.25, 0.3) is 0 Å². The van der Waals surface area contributed by atoms with Gasteiger partial charge in [-0.05, 0) is 31.0 Å². The molecule has 1 aliphatic rings. The number of benzene rings is 1. The Hall–Kier alpha value is -3.94. The molecule has 3 heterocycles. The lowest BCUT2D eigenvalue weighted by Crippen LogP contribution is -2.35. The maximum Gasteiger partial charge on any atom is 0.419 e. The fourth-order valence-electron chi connectivity index (χ4n) is 4.60. The molecule has 0 unspecified atom stereocenters. The number of amides is 1. The fraction of sp³-hybridized carbons (Fsp3) is 0.440. The van der Waals surface area contributed by atoms with E-state index in [0.717, 1.165) is 18.0 Å². The van der Waals surface area contributed by atoms with Crippen molar-refractivity contribution in [3.05, 3.63) is 47.9 Å². The molecule has 0 atom stereocenters. The number of carbonyl (C=O) groups is 1. The molecule has 14 heteroatoms. The molecule has 0 spiro atoms. The Kier molecular flexibility index (Phi) is 8.23. The van der Waals surface area contributed by atoms with E-state index >= 15 is 0 Å². The number of alkyl halides is 3. The van der Waals surface area contributed by atoms with Crippen LogP contribution >= 0.6 is 0 Å². The molecule has 210 valence electrons. The number of nitrogen functional groups attached to an aromatic ring is 1. The topological polar surface area (TPSA) is 137 Å². The van der Waals surface area contributed by atoms with Crippen molar-refractivity contribution in [2.24, 2.45) is 5.73 Å². The van der Waals surface area contributed by atoms with Crippen LogP contribution in [0.25, 0.3) is 11.3 Å². The third-order valence-corrected chi connectivity index (χ3v) is 6.46. The van der Waals surface area contributed by atoms with Crippen LogP contribution in [-0.2, 0) is 12.7 Å². The van der Waals surface area contributed by atoms with Crippen LogP contribution in [0, 0.1) is 5.82 Å². The van der Waals surface area contributed by atoms with Crippen LogP contribution in [0.4, 0.5) is 34.0 Å². The number of hydrogen-bond acceptors (Lipinski definition) is 8. The Morgan fingerprint density at radius 1 is 1.23 bits per heavy atom. The second-order valence-corrected chi connectivity index (χ2v) is 9.57. The highest BCUT2D eigenvalue weighted by molar-refractivity contribution is 5.74. The predicted molar refractivity (Wildman–Crippen MR) is 137 cm³/mol. The number of anilines is 2. The summed E-state index contributed by atoms with van der Waals surface area (Å²) < 4.78 is 60.9. The van der Waals surface area contributed by atoms with Gasteiger partial charge in [-0.1, -0.05) is 13.8 Å². The van der Waals surface area contributed by atoms with Crippen LogP contribution < -0.4 is 26.4 Å². The van der Waals surface area contributed by atoms with Gasteiger partial charge in [0, 0.05) is 49.9 Å². The summed E-state index contributed by atoms with van der Waals surface area (Å²) in [6.45, 7) is 6.24. The largest absolute Gasteiger partial charge is 0.419 e. The van der Waals surface area contributed by atoms with Crippen molar-refractivity contribution in [1.29, 1.82) is 0 Å². The number of carbonyl (C=O) groups excluding carboxylic acids is 1. The highest BCUT2D eigenvalue weighted by Gasteiger charge is 2.35. The van der Waals surface area contributed by atoms with E-state index in [1.54, 1.807) is 6.20 Å². The van der Waals surface area contributed by atoms with Gasteiger partial charge in [-0.2, -0.15) is 13.2 Å². The quantitative estimate of drug-likeness (QED) is 0.359. The van der Waals surface area contributed by atoms with Gasteiger partial charge in [0.2, 0.25) is 5.75 Å². The third kappa shape index (κ3) is 6.56. The third-order valence-electron chi connectivity index (χ3n) is 6.46. The lowest BCUT2D eigenvalue weighted by molar-refractivity contribution is -0.139. The van der Waals surface area contributed by atoms with Crippen molar-refractivity contribution >= 4 is 17.7 Å². The summed E-state index contributed by atoms with van der Waals surface area (Å²) in [6, 6.07) is 3.16. The molecule has 0 saturated carbocycles. The van der Waals surface area contributed by atoms with Crippen molar-refractivity contribution in [3.8, 4) is 17.0 Å². The first-order valence-electron chi connectivity index (χ1n) is 12.4. The molecule has 0 aliphatic carbocycles. The lowest BCUT2D eigenvalue weighted by Gasteiger charge is -2.33.